The van der Waals surface area contributed by atoms with Crippen molar-refractivity contribution in [2.45, 2.75) is 11.2 Å². The molecule has 0 fully saturated rings. The smallest absolute Gasteiger partial charge is 0.346 e. The minimum Gasteiger partial charge on any atom is -0.389 e. The highest BCUT2D eigenvalue weighted by Gasteiger charge is 2.38. The summed E-state index contributed by atoms with van der Waals surface area (Å²) in [6.07, 6.45) is 0. The van der Waals surface area contributed by atoms with Crippen LogP contribution in [0.15, 0.2) is 0 Å². The van der Waals surface area contributed by atoms with E-state index in [-0.39, 0.29) is 0 Å². The highest BCUT2D eigenvalue weighted by atomic mass is 16.6. The summed E-state index contributed by atoms with van der Waals surface area (Å²) in [6, 6.07) is 0. The van der Waals surface area contributed by atoms with Crippen LogP contribution in [-0.4, -0.2) is 23.1 Å². The molecule has 0 N–H and O–H groups in total. The molecule has 0 heterocycles. The van der Waals surface area contributed by atoms with Gasteiger partial charge in [0.2, 0.25) is 0 Å². The zero-order valence-corrected chi connectivity index (χ0v) is 7.51. The Kier molecular flexibility index (Phi) is 4.42. The second-order valence-corrected chi connectivity index (χ2v) is 2.50. The molecule has 0 aromatic carbocycles. The van der Waals surface area contributed by atoms with E-state index in [4.69, 9.17) is 27.7 Å². The van der Waals surface area contributed by atoms with Crippen molar-refractivity contribution >= 4 is 11.9 Å². The van der Waals surface area contributed by atoms with Crippen molar-refractivity contribution in [3.63, 3.8) is 0 Å². The average molecular weight is 206 g/mol. The van der Waals surface area contributed by atoms with Crippen LogP contribution in [0.4, 0.5) is 0 Å². The van der Waals surface area contributed by atoms with Crippen molar-refractivity contribution in [3.8, 4) is 0 Å². The quantitative estimate of drug-likeness (QED) is 0.468. The van der Waals surface area contributed by atoms with Gasteiger partial charge in [-0.1, -0.05) is 0 Å². The van der Waals surface area contributed by atoms with Crippen molar-refractivity contribution in [2.24, 2.45) is 0 Å². The minimum absolute atomic E-state index is 1.52. The van der Waals surface area contributed by atoms with Gasteiger partial charge in [0, 0.05) is 27.7 Å². The van der Waals surface area contributed by atoms with E-state index in [1.54, 1.807) is 0 Å². The van der Waals surface area contributed by atoms with E-state index in [1.807, 2.05) is 0 Å². The largest absolute Gasteiger partial charge is 0.389 e. The molecule has 0 aliphatic heterocycles. The van der Waals surface area contributed by atoms with E-state index in [2.05, 4.69) is 28.4 Å². The Hall–Kier alpha value is -0.940. The lowest BCUT2D eigenvalue weighted by Crippen LogP contribution is -2.43. The molecule has 76 valence electrons. The van der Waals surface area contributed by atoms with Crippen LogP contribution in [0.5, 0.6) is 0 Å². The van der Waals surface area contributed by atoms with Crippen molar-refractivity contribution < 1.29 is 23.8 Å². The van der Waals surface area contributed by atoms with Gasteiger partial charge in [0.25, 0.3) is 0 Å². The molecule has 0 amide bonds. The second kappa shape index (κ2) is 4.72. The third-order valence-corrected chi connectivity index (χ3v) is 1.21. The molecule has 0 aromatic rings. The summed E-state index contributed by atoms with van der Waals surface area (Å²) in [5.74, 6) is -3.04. The fraction of sp³-hybridized carbons (Fsp3) is 0.200. The van der Waals surface area contributed by atoms with Gasteiger partial charge in [0.05, 0.1) is 0 Å². The predicted octanol–water partition coefficient (Wildman–Crippen LogP) is -0.251. The normalized spacial score (nSPS) is 12.4. The molecule has 5 nitrogen and oxygen atoms in total. The highest BCUT2D eigenvalue weighted by Crippen LogP contribution is 2.14. The molecule has 0 aliphatic carbocycles. The summed E-state index contributed by atoms with van der Waals surface area (Å²) >= 11 is 0. The van der Waals surface area contributed by atoms with Crippen LogP contribution < -0.4 is 0 Å². The SMILES string of the molecule is [CH]OC([CH])([CH])C(=O)OC(=O)C([CH])([CH])O[CH]. The summed E-state index contributed by atoms with van der Waals surface area (Å²) in [5, 5.41) is 0. The standard InChI is InChI=1S/C10H6O5/c1-9(2,13-5)7(11)15-8(12)10(3,4)14-6/h1-6H. The summed E-state index contributed by atoms with van der Waals surface area (Å²) < 4.78 is 11.6. The van der Waals surface area contributed by atoms with E-state index in [0.29, 0.717) is 0 Å². The van der Waals surface area contributed by atoms with E-state index < -0.39 is 23.1 Å². The minimum atomic E-state index is -2.51. The molecule has 12 radical (unpaired) electrons. The second-order valence-electron chi connectivity index (χ2n) is 2.50. The molecule has 5 heteroatoms. The van der Waals surface area contributed by atoms with Gasteiger partial charge in [0.15, 0.2) is 11.2 Å². The van der Waals surface area contributed by atoms with E-state index in [9.17, 15) is 9.59 Å². The van der Waals surface area contributed by atoms with Crippen molar-refractivity contribution in [2.75, 3.05) is 0 Å². The molecule has 15 heavy (non-hydrogen) atoms. The molecular weight excluding hydrogens is 200 g/mol. The van der Waals surface area contributed by atoms with Gasteiger partial charge < -0.3 is 14.2 Å². The molecule has 0 saturated carbocycles. The van der Waals surface area contributed by atoms with Crippen LogP contribution in [0.25, 0.3) is 0 Å². The van der Waals surface area contributed by atoms with E-state index >= 15 is 0 Å². The molecule has 0 saturated heterocycles. The molecular formula is C10H6O5. The van der Waals surface area contributed by atoms with Crippen molar-refractivity contribution in [3.05, 3.63) is 41.9 Å². The molecule has 0 bridgehead atoms. The van der Waals surface area contributed by atoms with E-state index in [1.165, 1.54) is 0 Å². The van der Waals surface area contributed by atoms with Crippen molar-refractivity contribution in [1.29, 1.82) is 0 Å². The zero-order valence-electron chi connectivity index (χ0n) is 7.51. The number of rotatable bonds is 4. The third kappa shape index (κ3) is 3.60. The van der Waals surface area contributed by atoms with Gasteiger partial charge in [-0.25, -0.2) is 9.59 Å². The first-order valence-electron chi connectivity index (χ1n) is 3.35. The molecule has 0 rings (SSSR count). The van der Waals surface area contributed by atoms with Gasteiger partial charge in [-0.3, -0.25) is 0 Å². The number of hydrogen-bond donors (Lipinski definition) is 0. The zero-order chi connectivity index (χ0) is 12.3. The van der Waals surface area contributed by atoms with E-state index in [0.717, 1.165) is 0 Å². The number of ether oxygens (including phenoxy) is 3. The van der Waals surface area contributed by atoms with Crippen LogP contribution in [0.1, 0.15) is 0 Å². The average Bonchev–Trinajstić information content (AvgIpc) is 2.17. The summed E-state index contributed by atoms with van der Waals surface area (Å²) in [4.78, 5) is 21.9. The number of carbonyl (C=O) groups excluding carboxylic acids is 2. The molecule has 0 spiro atoms. The Labute approximate surface area is 89.7 Å². The Morgan fingerprint density at radius 1 is 0.800 bits per heavy atom. The van der Waals surface area contributed by atoms with Crippen LogP contribution in [-0.2, 0) is 23.8 Å². The summed E-state index contributed by atoms with van der Waals surface area (Å²) in [7, 11) is 9.09. The molecule has 0 aromatic heterocycles. The molecule has 0 aliphatic rings. The van der Waals surface area contributed by atoms with Gasteiger partial charge >= 0.3 is 11.9 Å². The Bertz CT molecular complexity index is 229. The number of hydrogen-bond acceptors (Lipinski definition) is 5. The lowest BCUT2D eigenvalue weighted by atomic mass is 10.1. The third-order valence-electron chi connectivity index (χ3n) is 1.21. The first-order valence-corrected chi connectivity index (χ1v) is 3.35. The fourth-order valence-electron chi connectivity index (χ4n) is 0.340. The van der Waals surface area contributed by atoms with Crippen LogP contribution in [0.3, 0.4) is 0 Å². The fourth-order valence-corrected chi connectivity index (χ4v) is 0.340. The highest BCUT2D eigenvalue weighted by molar-refractivity contribution is 5.95. The summed E-state index contributed by atoms with van der Waals surface area (Å²) in [6.45, 7) is 19.8. The van der Waals surface area contributed by atoms with Crippen LogP contribution in [0, 0.1) is 41.9 Å². The Balaban J connectivity index is 4.51. The van der Waals surface area contributed by atoms with Crippen molar-refractivity contribution in [1.82, 2.24) is 0 Å². The first-order chi connectivity index (χ1) is 6.67. The van der Waals surface area contributed by atoms with Gasteiger partial charge in [-0.15, -0.1) is 0 Å². The Morgan fingerprint density at radius 2 is 1.07 bits per heavy atom. The van der Waals surface area contributed by atoms with Gasteiger partial charge in [-0.05, 0) is 0 Å². The Morgan fingerprint density at radius 3 is 1.27 bits per heavy atom. The van der Waals surface area contributed by atoms with Gasteiger partial charge in [0.1, 0.15) is 14.2 Å². The predicted molar refractivity (Wildman–Crippen MR) is 44.5 cm³/mol. The maximum Gasteiger partial charge on any atom is 0.346 e. The van der Waals surface area contributed by atoms with Crippen LogP contribution in [0.2, 0.25) is 0 Å². The van der Waals surface area contributed by atoms with Gasteiger partial charge in [-0.2, -0.15) is 0 Å². The topological polar surface area (TPSA) is 61.8 Å². The first kappa shape index (κ1) is 14.1. The molecule has 0 unspecified atom stereocenters. The van der Waals surface area contributed by atoms with Crippen LogP contribution >= 0.6 is 0 Å². The maximum atomic E-state index is 11.0. The lowest BCUT2D eigenvalue weighted by molar-refractivity contribution is -0.176. The maximum absolute atomic E-state index is 11.0. The molecule has 0 atom stereocenters. The number of esters is 2. The number of carbonyl (C=O) groups is 2. The lowest BCUT2D eigenvalue weighted by Gasteiger charge is -2.22. The monoisotopic (exact) mass is 206 g/mol. The summed E-state index contributed by atoms with van der Waals surface area (Å²) in [5.41, 5.74) is -5.03.